The average molecular weight is 473 g/mol. The highest BCUT2D eigenvalue weighted by Gasteiger charge is 2.31. The molecule has 2 N–H and O–H groups in total. The Kier molecular flexibility index (Phi) is 7.52. The van der Waals surface area contributed by atoms with Gasteiger partial charge >= 0.3 is 6.18 Å². The minimum absolute atomic E-state index is 0.00561. The molecule has 2 aromatic rings. The lowest BCUT2D eigenvalue weighted by Crippen LogP contribution is -2.27. The first kappa shape index (κ1) is 23.7. The van der Waals surface area contributed by atoms with E-state index in [9.17, 15) is 22.8 Å². The van der Waals surface area contributed by atoms with Crippen molar-refractivity contribution in [1.29, 1.82) is 0 Å². The number of halogens is 4. The number of hydrogen-bond donors (Lipinski definition) is 2. The van der Waals surface area contributed by atoms with Gasteiger partial charge in [-0.1, -0.05) is 11.6 Å². The Labute approximate surface area is 186 Å². The molecule has 0 aromatic carbocycles. The molecule has 32 heavy (non-hydrogen) atoms. The highest BCUT2D eigenvalue weighted by Crippen LogP contribution is 2.29. The molecule has 2 aromatic heterocycles. The zero-order valence-corrected chi connectivity index (χ0v) is 17.5. The van der Waals surface area contributed by atoms with Crippen LogP contribution >= 0.6 is 11.6 Å². The number of carbonyl (C=O) groups excluding carboxylic acids is 2. The largest absolute Gasteiger partial charge is 0.467 e. The van der Waals surface area contributed by atoms with Crippen LogP contribution in [0.25, 0.3) is 0 Å². The Morgan fingerprint density at radius 2 is 2.12 bits per heavy atom. The Balaban J connectivity index is 1.67. The predicted molar refractivity (Wildman–Crippen MR) is 107 cm³/mol. The van der Waals surface area contributed by atoms with Crippen molar-refractivity contribution in [2.75, 3.05) is 19.8 Å². The number of amides is 2. The first-order valence-corrected chi connectivity index (χ1v) is 10.0. The number of nitrogens with zero attached hydrogens (tertiary/aromatic N) is 3. The van der Waals surface area contributed by atoms with Gasteiger partial charge in [-0.3, -0.25) is 14.6 Å². The van der Waals surface area contributed by atoms with Crippen LogP contribution in [0.3, 0.4) is 0 Å². The predicted octanol–water partition coefficient (Wildman–Crippen LogP) is 2.27. The fourth-order valence-electron chi connectivity index (χ4n) is 3.18. The molecule has 0 atom stereocenters. The third-order valence-corrected chi connectivity index (χ3v) is 4.88. The first-order valence-electron chi connectivity index (χ1n) is 9.65. The summed E-state index contributed by atoms with van der Waals surface area (Å²) < 4.78 is 41.5. The van der Waals surface area contributed by atoms with Crippen molar-refractivity contribution in [1.82, 2.24) is 20.2 Å². The summed E-state index contributed by atoms with van der Waals surface area (Å²) in [5, 5.41) is 11.4. The zero-order valence-electron chi connectivity index (χ0n) is 16.8. The number of carbonyl (C=O) groups is 2. The zero-order chi connectivity index (χ0) is 23.3. The fourth-order valence-corrected chi connectivity index (χ4v) is 3.42. The second-order valence-electron chi connectivity index (χ2n) is 7.08. The van der Waals surface area contributed by atoms with Crippen LogP contribution in [0.4, 0.5) is 13.2 Å². The summed E-state index contributed by atoms with van der Waals surface area (Å²) in [5.41, 5.74) is 2.06. The molecule has 0 saturated heterocycles. The van der Waals surface area contributed by atoms with E-state index in [-0.39, 0.29) is 48.8 Å². The minimum Gasteiger partial charge on any atom is -0.467 e. The van der Waals surface area contributed by atoms with Gasteiger partial charge in [-0.25, -0.2) is 4.98 Å². The fraction of sp³-hybridized carbons (Fsp3) is 0.400. The van der Waals surface area contributed by atoms with Gasteiger partial charge in [0.05, 0.1) is 12.1 Å². The van der Waals surface area contributed by atoms with Crippen molar-refractivity contribution in [3.05, 3.63) is 51.9 Å². The topological polar surface area (TPSA) is 105 Å². The third-order valence-electron chi connectivity index (χ3n) is 4.61. The van der Waals surface area contributed by atoms with Gasteiger partial charge in [0.25, 0.3) is 5.91 Å². The number of pyridine rings is 2. The van der Waals surface area contributed by atoms with Crippen LogP contribution in [0.5, 0.6) is 5.88 Å². The van der Waals surface area contributed by atoms with E-state index in [4.69, 9.17) is 16.7 Å². The molecule has 0 unspecified atom stereocenters. The lowest BCUT2D eigenvalue weighted by Gasteiger charge is -2.16. The van der Waals surface area contributed by atoms with Crippen LogP contribution < -0.4 is 10.1 Å². The quantitative estimate of drug-likeness (QED) is 0.542. The highest BCUT2D eigenvalue weighted by atomic mass is 35.5. The summed E-state index contributed by atoms with van der Waals surface area (Å²) >= 11 is 5.98. The van der Waals surface area contributed by atoms with E-state index < -0.39 is 12.8 Å². The van der Waals surface area contributed by atoms with Crippen LogP contribution in [0.15, 0.2) is 24.5 Å². The van der Waals surface area contributed by atoms with Crippen LogP contribution in [-0.4, -0.2) is 57.7 Å². The second kappa shape index (κ2) is 10.1. The van der Waals surface area contributed by atoms with Crippen molar-refractivity contribution in [3.63, 3.8) is 0 Å². The number of hydrogen-bond acceptors (Lipinski definition) is 6. The van der Waals surface area contributed by atoms with Gasteiger partial charge in [0, 0.05) is 49.8 Å². The standard InChI is InChI=1S/C20H20ClF3N4O4/c21-15-6-12(8-27-18(15)32-11-20(22,23)24)9-28-10-14-13(19(28)31)2-4-25-16(14)7-17(30)26-3-1-5-29/h2,4,6,8,29H,1,3,5,7,9-11H2,(H,26,30). The molecule has 1 aliphatic heterocycles. The number of fused-ring (bicyclic) bond motifs is 1. The maximum atomic E-state index is 12.8. The highest BCUT2D eigenvalue weighted by molar-refractivity contribution is 6.31. The molecule has 12 heteroatoms. The monoisotopic (exact) mass is 472 g/mol. The molecule has 0 aliphatic carbocycles. The SMILES string of the molecule is O=C(Cc1nccc2c1CN(Cc1cnc(OCC(F)(F)F)c(Cl)c1)C2=O)NCCCO. The molecular weight excluding hydrogens is 453 g/mol. The Morgan fingerprint density at radius 3 is 2.81 bits per heavy atom. The lowest BCUT2D eigenvalue weighted by molar-refractivity contribution is -0.154. The molecule has 0 radical (unpaired) electrons. The number of aliphatic hydroxyl groups excluding tert-OH is 1. The van der Waals surface area contributed by atoms with Gasteiger partial charge < -0.3 is 20.1 Å². The number of aliphatic hydroxyl groups is 1. The first-order chi connectivity index (χ1) is 15.2. The molecule has 0 spiro atoms. The number of ether oxygens (including phenoxy) is 1. The molecule has 1 aliphatic rings. The average Bonchev–Trinajstić information content (AvgIpc) is 3.03. The van der Waals surface area contributed by atoms with E-state index in [1.165, 1.54) is 23.4 Å². The van der Waals surface area contributed by atoms with Gasteiger partial charge in [0.15, 0.2) is 6.61 Å². The van der Waals surface area contributed by atoms with Crippen LogP contribution in [0.2, 0.25) is 5.02 Å². The van der Waals surface area contributed by atoms with Crippen molar-refractivity contribution in [2.24, 2.45) is 0 Å². The molecule has 3 rings (SSSR count). The van der Waals surface area contributed by atoms with Crippen molar-refractivity contribution < 1.29 is 32.6 Å². The maximum Gasteiger partial charge on any atom is 0.422 e. The van der Waals surface area contributed by atoms with Gasteiger partial charge in [0.2, 0.25) is 11.8 Å². The minimum atomic E-state index is -4.51. The van der Waals surface area contributed by atoms with E-state index in [1.807, 2.05) is 0 Å². The molecule has 0 fully saturated rings. The molecule has 0 saturated carbocycles. The maximum absolute atomic E-state index is 12.8. The molecular formula is C20H20ClF3N4O4. The van der Waals surface area contributed by atoms with E-state index in [1.54, 1.807) is 6.07 Å². The summed E-state index contributed by atoms with van der Waals surface area (Å²) in [6, 6.07) is 2.97. The number of alkyl halides is 3. The number of nitrogens with one attached hydrogen (secondary N) is 1. The lowest BCUT2D eigenvalue weighted by atomic mass is 10.1. The molecule has 0 bridgehead atoms. The Morgan fingerprint density at radius 1 is 1.34 bits per heavy atom. The smallest absolute Gasteiger partial charge is 0.422 e. The van der Waals surface area contributed by atoms with E-state index in [0.717, 1.165) is 0 Å². The van der Waals surface area contributed by atoms with Gasteiger partial charge in [-0.05, 0) is 24.1 Å². The number of rotatable bonds is 9. The van der Waals surface area contributed by atoms with Gasteiger partial charge in [0.1, 0.15) is 5.02 Å². The molecule has 3 heterocycles. The van der Waals surface area contributed by atoms with Crippen molar-refractivity contribution in [2.45, 2.75) is 32.1 Å². The summed E-state index contributed by atoms with van der Waals surface area (Å²) in [5.74, 6) is -0.879. The van der Waals surface area contributed by atoms with E-state index in [2.05, 4.69) is 20.0 Å². The Bertz CT molecular complexity index is 1000. The summed E-state index contributed by atoms with van der Waals surface area (Å²) in [6.45, 7) is -0.877. The molecule has 8 nitrogen and oxygen atoms in total. The molecule has 2 amide bonds. The van der Waals surface area contributed by atoms with Crippen LogP contribution in [-0.2, 0) is 24.3 Å². The summed E-state index contributed by atoms with van der Waals surface area (Å²) in [7, 11) is 0. The van der Waals surface area contributed by atoms with Crippen LogP contribution in [0.1, 0.15) is 33.6 Å². The normalized spacial score (nSPS) is 13.3. The second-order valence-corrected chi connectivity index (χ2v) is 7.49. The Hall–Kier alpha value is -2.92. The third kappa shape index (κ3) is 6.07. The van der Waals surface area contributed by atoms with Crippen molar-refractivity contribution in [3.8, 4) is 5.88 Å². The number of aromatic nitrogens is 2. The van der Waals surface area contributed by atoms with E-state index in [0.29, 0.717) is 35.3 Å². The van der Waals surface area contributed by atoms with Crippen LogP contribution in [0, 0.1) is 0 Å². The summed E-state index contributed by atoms with van der Waals surface area (Å²) in [4.78, 5) is 34.4. The van der Waals surface area contributed by atoms with E-state index >= 15 is 0 Å². The van der Waals surface area contributed by atoms with Crippen molar-refractivity contribution >= 4 is 23.4 Å². The molecule has 172 valence electrons. The van der Waals surface area contributed by atoms with Gasteiger partial charge in [-0.2, -0.15) is 13.2 Å². The van der Waals surface area contributed by atoms with Gasteiger partial charge in [-0.15, -0.1) is 0 Å². The summed E-state index contributed by atoms with van der Waals surface area (Å²) in [6.07, 6.45) is -1.33.